The second-order valence-corrected chi connectivity index (χ2v) is 6.71. The van der Waals surface area contributed by atoms with Gasteiger partial charge in [-0.1, -0.05) is 6.92 Å². The first-order valence-corrected chi connectivity index (χ1v) is 8.85. The minimum absolute atomic E-state index is 0.218. The summed E-state index contributed by atoms with van der Waals surface area (Å²) in [5.41, 5.74) is 6.49. The molecule has 2 aromatic rings. The molecular formula is C21H24NO3+. The van der Waals surface area contributed by atoms with Crippen LogP contribution in [0.3, 0.4) is 0 Å². The van der Waals surface area contributed by atoms with E-state index in [4.69, 9.17) is 9.47 Å². The number of aromatic hydroxyl groups is 1. The summed E-state index contributed by atoms with van der Waals surface area (Å²) < 4.78 is 13.3. The molecule has 2 aliphatic rings. The fourth-order valence-corrected chi connectivity index (χ4v) is 4.33. The Bertz CT molecular complexity index is 870. The Kier molecular flexibility index (Phi) is 3.91. The van der Waals surface area contributed by atoms with Gasteiger partial charge in [0.15, 0.2) is 23.3 Å². The van der Waals surface area contributed by atoms with Crippen molar-refractivity contribution in [1.82, 2.24) is 0 Å². The van der Waals surface area contributed by atoms with Crippen LogP contribution in [0.5, 0.6) is 17.2 Å². The van der Waals surface area contributed by atoms with Crippen molar-refractivity contribution in [3.05, 3.63) is 52.6 Å². The van der Waals surface area contributed by atoms with Gasteiger partial charge in [0.1, 0.15) is 12.3 Å². The lowest BCUT2D eigenvalue weighted by Crippen LogP contribution is -2.37. The molecule has 0 aromatic heterocycles. The van der Waals surface area contributed by atoms with Gasteiger partial charge in [-0.05, 0) is 41.5 Å². The van der Waals surface area contributed by atoms with Crippen molar-refractivity contribution in [2.45, 2.75) is 32.2 Å². The highest BCUT2D eigenvalue weighted by atomic mass is 16.5. The Morgan fingerprint density at radius 2 is 1.96 bits per heavy atom. The number of ether oxygens (including phenoxy) is 2. The molecule has 0 saturated heterocycles. The first-order chi connectivity index (χ1) is 12.2. The van der Waals surface area contributed by atoms with Crippen LogP contribution in [0.2, 0.25) is 0 Å². The van der Waals surface area contributed by atoms with Crippen LogP contribution in [0.4, 0.5) is 0 Å². The van der Waals surface area contributed by atoms with Gasteiger partial charge in [0.05, 0.1) is 14.2 Å². The molecule has 2 aliphatic heterocycles. The SMILES string of the molecule is CCC1=[N+]2CCc3cc(OC)ccc3C2Cc2cc(O)c(OC)cc21. The van der Waals surface area contributed by atoms with Crippen molar-refractivity contribution in [2.75, 3.05) is 20.8 Å². The second kappa shape index (κ2) is 6.10. The molecule has 0 fully saturated rings. The third-order valence-electron chi connectivity index (χ3n) is 5.52. The molecule has 4 nitrogen and oxygen atoms in total. The Morgan fingerprint density at radius 1 is 1.12 bits per heavy atom. The third-order valence-corrected chi connectivity index (χ3v) is 5.52. The summed E-state index contributed by atoms with van der Waals surface area (Å²) in [6.45, 7) is 3.21. The van der Waals surface area contributed by atoms with E-state index in [0.29, 0.717) is 11.8 Å². The molecule has 2 heterocycles. The first-order valence-electron chi connectivity index (χ1n) is 8.85. The van der Waals surface area contributed by atoms with Crippen LogP contribution in [0.1, 0.15) is 41.6 Å². The molecule has 130 valence electrons. The summed E-state index contributed by atoms with van der Waals surface area (Å²) >= 11 is 0. The third kappa shape index (κ3) is 2.48. The Morgan fingerprint density at radius 3 is 2.68 bits per heavy atom. The average molecular weight is 338 g/mol. The lowest BCUT2D eigenvalue weighted by molar-refractivity contribution is -0.578. The van der Waals surface area contributed by atoms with Gasteiger partial charge in [-0.3, -0.25) is 0 Å². The predicted octanol–water partition coefficient (Wildman–Crippen LogP) is 3.47. The van der Waals surface area contributed by atoms with E-state index < -0.39 is 0 Å². The summed E-state index contributed by atoms with van der Waals surface area (Å²) in [6.07, 6.45) is 2.88. The second-order valence-electron chi connectivity index (χ2n) is 6.71. The van der Waals surface area contributed by atoms with E-state index in [1.54, 1.807) is 14.2 Å². The maximum Gasteiger partial charge on any atom is 0.183 e. The fourth-order valence-electron chi connectivity index (χ4n) is 4.33. The Labute approximate surface area is 148 Å². The Hall–Kier alpha value is -2.49. The summed E-state index contributed by atoms with van der Waals surface area (Å²) in [4.78, 5) is 0. The summed E-state index contributed by atoms with van der Waals surface area (Å²) in [6, 6.07) is 10.6. The van der Waals surface area contributed by atoms with E-state index in [2.05, 4.69) is 29.7 Å². The molecule has 0 saturated carbocycles. The van der Waals surface area contributed by atoms with Gasteiger partial charge in [-0.15, -0.1) is 0 Å². The number of phenols is 1. The molecular weight excluding hydrogens is 314 g/mol. The summed E-state index contributed by atoms with van der Waals surface area (Å²) in [5, 5.41) is 10.2. The molecule has 1 unspecified atom stereocenters. The van der Waals surface area contributed by atoms with Crippen LogP contribution in [0.15, 0.2) is 30.3 Å². The molecule has 0 spiro atoms. The molecule has 0 amide bonds. The van der Waals surface area contributed by atoms with Crippen LogP contribution in [-0.4, -0.2) is 36.2 Å². The molecule has 0 aliphatic carbocycles. The van der Waals surface area contributed by atoms with Crippen molar-refractivity contribution in [2.24, 2.45) is 0 Å². The number of phenolic OH excluding ortho intramolecular Hbond substituents is 1. The van der Waals surface area contributed by atoms with Crippen molar-refractivity contribution in [3.63, 3.8) is 0 Å². The molecule has 4 rings (SSSR count). The van der Waals surface area contributed by atoms with Gasteiger partial charge in [-0.25, -0.2) is 4.58 Å². The standard InChI is InChI=1S/C21H23NO3/c1-4-18-17-12-21(25-3)20(23)11-14(17)10-19-16-6-5-15(24-2)9-13(16)7-8-22(18)19/h5-6,9,11-12,19H,4,7-8,10H2,1-3H3/p+1. The number of benzene rings is 2. The monoisotopic (exact) mass is 338 g/mol. The van der Waals surface area contributed by atoms with Crippen molar-refractivity contribution < 1.29 is 19.2 Å². The molecule has 4 heteroatoms. The van der Waals surface area contributed by atoms with E-state index in [1.807, 2.05) is 12.1 Å². The number of rotatable bonds is 3. The van der Waals surface area contributed by atoms with Crippen molar-refractivity contribution in [1.29, 1.82) is 0 Å². The summed E-state index contributed by atoms with van der Waals surface area (Å²) in [5.74, 6) is 1.69. The minimum Gasteiger partial charge on any atom is -0.504 e. The average Bonchev–Trinajstić information content (AvgIpc) is 2.64. The maximum absolute atomic E-state index is 10.2. The van der Waals surface area contributed by atoms with Crippen LogP contribution in [0, 0.1) is 0 Å². The number of hydrogen-bond acceptors (Lipinski definition) is 3. The zero-order valence-electron chi connectivity index (χ0n) is 15.0. The van der Waals surface area contributed by atoms with Gasteiger partial charge in [0.2, 0.25) is 0 Å². The zero-order chi connectivity index (χ0) is 17.6. The van der Waals surface area contributed by atoms with Gasteiger partial charge in [-0.2, -0.15) is 0 Å². The Balaban J connectivity index is 1.87. The predicted molar refractivity (Wildman–Crippen MR) is 97.3 cm³/mol. The van der Waals surface area contributed by atoms with Crippen molar-refractivity contribution >= 4 is 5.71 Å². The van der Waals surface area contributed by atoms with E-state index in [1.165, 1.54) is 28.0 Å². The van der Waals surface area contributed by atoms with E-state index in [9.17, 15) is 5.11 Å². The summed E-state index contributed by atoms with van der Waals surface area (Å²) in [7, 11) is 3.32. The number of nitrogens with zero attached hydrogens (tertiary/aromatic N) is 1. The van der Waals surface area contributed by atoms with E-state index >= 15 is 0 Å². The van der Waals surface area contributed by atoms with Crippen LogP contribution < -0.4 is 9.47 Å². The highest BCUT2D eigenvalue weighted by molar-refractivity contribution is 5.99. The molecule has 1 atom stereocenters. The lowest BCUT2D eigenvalue weighted by atomic mass is 9.83. The topological polar surface area (TPSA) is 41.7 Å². The molecule has 2 aromatic carbocycles. The van der Waals surface area contributed by atoms with Crippen LogP contribution in [0.25, 0.3) is 0 Å². The fraction of sp³-hybridized carbons (Fsp3) is 0.381. The van der Waals surface area contributed by atoms with Gasteiger partial charge < -0.3 is 14.6 Å². The van der Waals surface area contributed by atoms with Gasteiger partial charge >= 0.3 is 0 Å². The van der Waals surface area contributed by atoms with E-state index in [-0.39, 0.29) is 5.75 Å². The molecule has 1 N–H and O–H groups in total. The highest BCUT2D eigenvalue weighted by Gasteiger charge is 2.38. The van der Waals surface area contributed by atoms with Gasteiger partial charge in [0, 0.05) is 30.4 Å². The van der Waals surface area contributed by atoms with E-state index in [0.717, 1.165) is 31.6 Å². The quantitative estimate of drug-likeness (QED) is 0.871. The number of methoxy groups -OCH3 is 2. The highest BCUT2D eigenvalue weighted by Crippen LogP contribution is 2.39. The molecule has 0 bridgehead atoms. The lowest BCUT2D eigenvalue weighted by Gasteiger charge is -2.31. The van der Waals surface area contributed by atoms with Crippen LogP contribution >= 0.6 is 0 Å². The normalized spacial score (nSPS) is 18.3. The zero-order valence-corrected chi connectivity index (χ0v) is 15.0. The van der Waals surface area contributed by atoms with Crippen molar-refractivity contribution in [3.8, 4) is 17.2 Å². The number of hydrogen-bond donors (Lipinski definition) is 1. The van der Waals surface area contributed by atoms with Crippen LogP contribution in [-0.2, 0) is 12.8 Å². The largest absolute Gasteiger partial charge is 0.504 e. The number of fused-ring (bicyclic) bond motifs is 4. The minimum atomic E-state index is 0.218. The first kappa shape index (κ1) is 16.0. The van der Waals surface area contributed by atoms with Gasteiger partial charge in [0.25, 0.3) is 0 Å². The molecule has 0 radical (unpaired) electrons. The maximum atomic E-state index is 10.2. The smallest absolute Gasteiger partial charge is 0.183 e. The molecule has 25 heavy (non-hydrogen) atoms.